The van der Waals surface area contributed by atoms with Gasteiger partial charge in [-0.15, -0.1) is 0 Å². The van der Waals surface area contributed by atoms with Crippen LogP contribution in [0, 0.1) is 13.8 Å². The second-order valence-electron chi connectivity index (χ2n) is 5.21. The van der Waals surface area contributed by atoms with Crippen molar-refractivity contribution in [2.24, 2.45) is 0 Å². The molecule has 0 aromatic carbocycles. The molecule has 0 saturated carbocycles. The first-order valence-electron chi connectivity index (χ1n) is 7.47. The first kappa shape index (κ1) is 18.0. The second kappa shape index (κ2) is 7.48. The third-order valence-corrected chi connectivity index (χ3v) is 4.47. The third kappa shape index (κ3) is 3.76. The van der Waals surface area contributed by atoms with E-state index in [1.54, 1.807) is 27.7 Å². The molecule has 1 atom stereocenters. The lowest BCUT2D eigenvalue weighted by Gasteiger charge is -2.09. The number of aromatic nitrogens is 3. The molecular formula is C16H19N3O4S. The Morgan fingerprint density at radius 2 is 2.04 bits per heavy atom. The Hall–Kier alpha value is -2.35. The summed E-state index contributed by atoms with van der Waals surface area (Å²) in [4.78, 5) is 45.6. The first-order valence-corrected chi connectivity index (χ1v) is 8.35. The number of aryl methyl sites for hydroxylation is 1. The summed E-state index contributed by atoms with van der Waals surface area (Å²) in [6, 6.07) is 1.31. The van der Waals surface area contributed by atoms with Gasteiger partial charge in [0.05, 0.1) is 23.1 Å². The second-order valence-corrected chi connectivity index (χ2v) is 6.54. The molecule has 2 heterocycles. The molecule has 0 unspecified atom stereocenters. The van der Waals surface area contributed by atoms with Crippen molar-refractivity contribution < 1.29 is 14.3 Å². The van der Waals surface area contributed by atoms with Crippen molar-refractivity contribution in [1.29, 1.82) is 0 Å². The van der Waals surface area contributed by atoms with E-state index in [0.717, 1.165) is 11.8 Å². The molecule has 128 valence electrons. The highest BCUT2D eigenvalue weighted by Crippen LogP contribution is 2.25. The van der Waals surface area contributed by atoms with Crippen LogP contribution in [0.25, 0.3) is 0 Å². The Morgan fingerprint density at radius 1 is 1.33 bits per heavy atom. The monoisotopic (exact) mass is 349 g/mol. The van der Waals surface area contributed by atoms with Gasteiger partial charge in [0.15, 0.2) is 10.9 Å². The zero-order valence-corrected chi connectivity index (χ0v) is 14.7. The molecule has 7 nitrogen and oxygen atoms in total. The Balaban J connectivity index is 2.25. The van der Waals surface area contributed by atoms with Crippen LogP contribution in [0.5, 0.6) is 0 Å². The summed E-state index contributed by atoms with van der Waals surface area (Å²) < 4.78 is 5.03. The van der Waals surface area contributed by atoms with Gasteiger partial charge in [-0.05, 0) is 33.3 Å². The number of ether oxygens (including phenoxy) is 1. The van der Waals surface area contributed by atoms with Crippen molar-refractivity contribution in [3.05, 3.63) is 45.1 Å². The fourth-order valence-electron chi connectivity index (χ4n) is 2.34. The summed E-state index contributed by atoms with van der Waals surface area (Å²) in [5.41, 5.74) is 1.65. The Bertz CT molecular complexity index is 825. The number of nitrogens with one attached hydrogen (secondary N) is 2. The number of carbonyl (C=O) groups is 2. The maximum absolute atomic E-state index is 12.7. The van der Waals surface area contributed by atoms with Crippen LogP contribution in [0.15, 0.2) is 22.2 Å². The number of thioether (sulfide) groups is 1. The number of Topliss-reactive ketones (excluding diaryl/α,β-unsaturated/α-hetero) is 1. The summed E-state index contributed by atoms with van der Waals surface area (Å²) in [7, 11) is 0. The van der Waals surface area contributed by atoms with Gasteiger partial charge in [-0.3, -0.25) is 9.59 Å². The lowest BCUT2D eigenvalue weighted by atomic mass is 10.1. The molecule has 0 saturated heterocycles. The molecule has 0 radical (unpaired) electrons. The number of carbonyl (C=O) groups excluding carboxylic acids is 2. The molecule has 8 heteroatoms. The molecule has 2 N–H and O–H groups in total. The lowest BCUT2D eigenvalue weighted by molar-refractivity contribution is 0.0525. The van der Waals surface area contributed by atoms with E-state index in [1.165, 1.54) is 12.3 Å². The van der Waals surface area contributed by atoms with Crippen LogP contribution in [0.2, 0.25) is 0 Å². The Kier molecular flexibility index (Phi) is 5.61. The van der Waals surface area contributed by atoms with Crippen molar-refractivity contribution in [3.8, 4) is 0 Å². The minimum absolute atomic E-state index is 0.178. The van der Waals surface area contributed by atoms with Gasteiger partial charge in [0.1, 0.15) is 0 Å². The highest BCUT2D eigenvalue weighted by Gasteiger charge is 2.26. The topological polar surface area (TPSA) is 105 Å². The fraction of sp³-hybridized carbons (Fsp3) is 0.375. The van der Waals surface area contributed by atoms with Crippen molar-refractivity contribution >= 4 is 23.5 Å². The minimum Gasteiger partial charge on any atom is -0.462 e. The van der Waals surface area contributed by atoms with Gasteiger partial charge in [0.25, 0.3) is 5.56 Å². The summed E-state index contributed by atoms with van der Waals surface area (Å²) >= 11 is 1.15. The van der Waals surface area contributed by atoms with Crippen LogP contribution >= 0.6 is 11.8 Å². The lowest BCUT2D eigenvalue weighted by Crippen LogP contribution is -2.17. The van der Waals surface area contributed by atoms with Gasteiger partial charge in [-0.1, -0.05) is 11.8 Å². The molecular weight excluding hydrogens is 330 g/mol. The molecule has 0 spiro atoms. The largest absolute Gasteiger partial charge is 0.462 e. The van der Waals surface area contributed by atoms with E-state index in [1.807, 2.05) is 0 Å². The molecule has 0 aliphatic carbocycles. The summed E-state index contributed by atoms with van der Waals surface area (Å²) in [5.74, 6) is -0.625. The number of hydrogen-bond acceptors (Lipinski definition) is 6. The van der Waals surface area contributed by atoms with E-state index in [0.29, 0.717) is 27.7 Å². The number of aromatic amines is 2. The van der Waals surface area contributed by atoms with Crippen molar-refractivity contribution in [2.75, 3.05) is 6.61 Å². The maximum Gasteiger partial charge on any atom is 0.340 e. The molecule has 24 heavy (non-hydrogen) atoms. The van der Waals surface area contributed by atoms with E-state index in [-0.39, 0.29) is 17.9 Å². The number of ketones is 1. The normalized spacial score (nSPS) is 12.0. The number of hydrogen-bond donors (Lipinski definition) is 2. The third-order valence-electron chi connectivity index (χ3n) is 3.47. The predicted octanol–water partition coefficient (Wildman–Crippen LogP) is 2.26. The summed E-state index contributed by atoms with van der Waals surface area (Å²) in [6.07, 6.45) is 1.39. The van der Waals surface area contributed by atoms with Crippen LogP contribution in [0.4, 0.5) is 0 Å². The van der Waals surface area contributed by atoms with E-state index in [2.05, 4.69) is 15.0 Å². The van der Waals surface area contributed by atoms with Crippen LogP contribution in [-0.2, 0) is 4.74 Å². The molecule has 0 aliphatic heterocycles. The number of H-pyrrole nitrogens is 2. The SMILES string of the molecule is CCOC(=O)c1c(C)[nH]c(C(=O)[C@@H](C)Sc2nccc(=O)[nH]2)c1C. The van der Waals surface area contributed by atoms with Gasteiger partial charge in [-0.2, -0.15) is 0 Å². The highest BCUT2D eigenvalue weighted by atomic mass is 32.2. The van der Waals surface area contributed by atoms with Crippen molar-refractivity contribution in [3.63, 3.8) is 0 Å². The minimum atomic E-state index is -0.484. The Labute approximate surface area is 143 Å². The highest BCUT2D eigenvalue weighted by molar-refractivity contribution is 8.00. The smallest absolute Gasteiger partial charge is 0.340 e. The van der Waals surface area contributed by atoms with Gasteiger partial charge < -0.3 is 14.7 Å². The fourth-order valence-corrected chi connectivity index (χ4v) is 3.18. The zero-order valence-electron chi connectivity index (χ0n) is 13.9. The number of rotatable bonds is 6. The molecule has 2 rings (SSSR count). The average molecular weight is 349 g/mol. The number of esters is 1. The van der Waals surface area contributed by atoms with Gasteiger partial charge in [0, 0.05) is 18.0 Å². The van der Waals surface area contributed by atoms with E-state index >= 15 is 0 Å². The van der Waals surface area contributed by atoms with Crippen LogP contribution < -0.4 is 5.56 Å². The molecule has 0 amide bonds. The van der Waals surface area contributed by atoms with Gasteiger partial charge in [-0.25, -0.2) is 9.78 Å². The maximum atomic E-state index is 12.7. The predicted molar refractivity (Wildman–Crippen MR) is 90.7 cm³/mol. The van der Waals surface area contributed by atoms with E-state index in [9.17, 15) is 14.4 Å². The van der Waals surface area contributed by atoms with Crippen molar-refractivity contribution in [1.82, 2.24) is 15.0 Å². The first-order chi connectivity index (χ1) is 11.3. The van der Waals surface area contributed by atoms with Crippen LogP contribution in [0.1, 0.15) is 46.0 Å². The quantitative estimate of drug-likeness (QED) is 0.359. The average Bonchev–Trinajstić information content (AvgIpc) is 2.81. The molecule has 2 aromatic rings. The Morgan fingerprint density at radius 3 is 2.67 bits per heavy atom. The van der Waals surface area contributed by atoms with E-state index in [4.69, 9.17) is 4.74 Å². The summed E-state index contributed by atoms with van der Waals surface area (Å²) in [5, 5.41) is -0.114. The van der Waals surface area contributed by atoms with Crippen molar-refractivity contribution in [2.45, 2.75) is 38.1 Å². The number of nitrogens with zero attached hydrogens (tertiary/aromatic N) is 1. The summed E-state index contributed by atoms with van der Waals surface area (Å²) in [6.45, 7) is 7.16. The molecule has 0 aliphatic rings. The molecule has 0 bridgehead atoms. The molecule has 2 aromatic heterocycles. The standard InChI is InChI=1S/C16H19N3O4S/c1-5-23-15(22)12-8(2)13(18-9(12)3)14(21)10(4)24-16-17-7-6-11(20)19-16/h6-7,10,18H,5H2,1-4H3,(H,17,19,20)/t10-/m1/s1. The van der Waals surface area contributed by atoms with E-state index < -0.39 is 11.2 Å². The van der Waals surface area contributed by atoms with Gasteiger partial charge in [0.2, 0.25) is 0 Å². The van der Waals surface area contributed by atoms with Crippen LogP contribution in [-0.4, -0.2) is 38.6 Å². The molecule has 0 fully saturated rings. The van der Waals surface area contributed by atoms with Crippen LogP contribution in [0.3, 0.4) is 0 Å². The zero-order chi connectivity index (χ0) is 17.9. The van der Waals surface area contributed by atoms with Gasteiger partial charge >= 0.3 is 5.97 Å².